The van der Waals surface area contributed by atoms with E-state index in [9.17, 15) is 22.8 Å². The lowest BCUT2D eigenvalue weighted by molar-refractivity contribution is -0.160. The summed E-state index contributed by atoms with van der Waals surface area (Å²) in [4.78, 5) is 21.0. The van der Waals surface area contributed by atoms with E-state index in [-0.39, 0.29) is 6.42 Å². The first-order chi connectivity index (χ1) is 6.76. The molecular formula is C7H10F3NO4. The molecule has 1 amide bonds. The van der Waals surface area contributed by atoms with E-state index in [2.05, 4.69) is 4.74 Å². The van der Waals surface area contributed by atoms with Gasteiger partial charge in [-0.1, -0.05) is 6.92 Å². The van der Waals surface area contributed by atoms with Gasteiger partial charge in [0.25, 0.3) is 0 Å². The highest BCUT2D eigenvalue weighted by Crippen LogP contribution is 2.14. The maximum atomic E-state index is 11.6. The van der Waals surface area contributed by atoms with Crippen LogP contribution in [0.2, 0.25) is 0 Å². The monoisotopic (exact) mass is 229 g/mol. The fraction of sp³-hybridized carbons (Fsp3) is 0.714. The molecule has 8 heteroatoms. The lowest BCUT2D eigenvalue weighted by Crippen LogP contribution is -2.41. The molecule has 0 aromatic rings. The van der Waals surface area contributed by atoms with Crippen molar-refractivity contribution < 1.29 is 32.6 Å². The maximum absolute atomic E-state index is 11.6. The highest BCUT2D eigenvalue weighted by Gasteiger charge is 2.30. The summed E-state index contributed by atoms with van der Waals surface area (Å²) in [5.74, 6) is -1.33. The van der Waals surface area contributed by atoms with Gasteiger partial charge in [-0.05, 0) is 6.42 Å². The fourth-order valence-corrected chi connectivity index (χ4v) is 0.670. The molecule has 5 nitrogen and oxygen atoms in total. The Morgan fingerprint density at radius 3 is 2.33 bits per heavy atom. The van der Waals surface area contributed by atoms with E-state index >= 15 is 0 Å². The van der Waals surface area contributed by atoms with E-state index in [1.165, 1.54) is 6.92 Å². The quantitative estimate of drug-likeness (QED) is 0.757. The lowest BCUT2D eigenvalue weighted by atomic mass is 10.2. The zero-order chi connectivity index (χ0) is 12.1. The molecule has 1 unspecified atom stereocenters. The van der Waals surface area contributed by atoms with Crippen molar-refractivity contribution in [3.05, 3.63) is 0 Å². The van der Waals surface area contributed by atoms with Gasteiger partial charge in [0.15, 0.2) is 6.61 Å². The van der Waals surface area contributed by atoms with Crippen LogP contribution < -0.4 is 5.32 Å². The Hall–Kier alpha value is -1.47. The Bertz CT molecular complexity index is 241. The van der Waals surface area contributed by atoms with Crippen molar-refractivity contribution >= 4 is 12.1 Å². The number of halogens is 3. The molecule has 0 aromatic heterocycles. The molecule has 0 heterocycles. The van der Waals surface area contributed by atoms with E-state index in [1.807, 2.05) is 0 Å². The number of amides is 1. The van der Waals surface area contributed by atoms with Crippen LogP contribution in [-0.2, 0) is 9.53 Å². The summed E-state index contributed by atoms with van der Waals surface area (Å²) in [6, 6.07) is -1.24. The predicted molar refractivity (Wildman–Crippen MR) is 42.3 cm³/mol. The van der Waals surface area contributed by atoms with E-state index in [0.717, 1.165) is 0 Å². The van der Waals surface area contributed by atoms with Gasteiger partial charge >= 0.3 is 18.2 Å². The molecule has 0 fully saturated rings. The minimum absolute atomic E-state index is 0.0520. The molecule has 0 spiro atoms. The second-order valence-electron chi connectivity index (χ2n) is 2.63. The van der Waals surface area contributed by atoms with Crippen LogP contribution in [0.4, 0.5) is 18.0 Å². The first kappa shape index (κ1) is 13.5. The SMILES string of the molecule is CCC(NC(=O)OCC(F)(F)F)C(=O)O. The summed E-state index contributed by atoms with van der Waals surface area (Å²) in [6.07, 6.45) is -5.97. The Balaban J connectivity index is 3.98. The van der Waals surface area contributed by atoms with Crippen LogP contribution in [0.1, 0.15) is 13.3 Å². The van der Waals surface area contributed by atoms with Crippen molar-refractivity contribution in [3.63, 3.8) is 0 Å². The fourth-order valence-electron chi connectivity index (χ4n) is 0.670. The molecule has 88 valence electrons. The number of aliphatic carboxylic acids is 1. The van der Waals surface area contributed by atoms with Gasteiger partial charge in [-0.2, -0.15) is 13.2 Å². The van der Waals surface area contributed by atoms with E-state index in [4.69, 9.17) is 5.11 Å². The van der Waals surface area contributed by atoms with Crippen molar-refractivity contribution in [3.8, 4) is 0 Å². The first-order valence-corrected chi connectivity index (χ1v) is 3.99. The molecule has 0 saturated carbocycles. The number of rotatable bonds is 4. The Morgan fingerprint density at radius 2 is 2.00 bits per heavy atom. The summed E-state index contributed by atoms with van der Waals surface area (Å²) in [6.45, 7) is -0.280. The number of ether oxygens (including phenoxy) is 1. The maximum Gasteiger partial charge on any atom is 0.422 e. The molecular weight excluding hydrogens is 219 g/mol. The molecule has 15 heavy (non-hydrogen) atoms. The Morgan fingerprint density at radius 1 is 1.47 bits per heavy atom. The van der Waals surface area contributed by atoms with Crippen molar-refractivity contribution in [2.45, 2.75) is 25.6 Å². The van der Waals surface area contributed by atoms with Crippen molar-refractivity contribution in [1.29, 1.82) is 0 Å². The summed E-state index contributed by atoms with van der Waals surface area (Å²) in [7, 11) is 0. The standard InChI is InChI=1S/C7H10F3NO4/c1-2-4(5(12)13)11-6(14)15-3-7(8,9)10/h4H,2-3H2,1H3,(H,11,14)(H,12,13). The summed E-state index contributed by atoms with van der Waals surface area (Å²) in [5.41, 5.74) is 0. The minimum atomic E-state index is -4.62. The number of hydrogen-bond donors (Lipinski definition) is 2. The number of carboxylic acid groups (broad SMARTS) is 1. The van der Waals surface area contributed by atoms with Gasteiger partial charge < -0.3 is 15.2 Å². The number of carboxylic acids is 1. The molecule has 0 aliphatic rings. The van der Waals surface area contributed by atoms with Crippen LogP contribution in [0.5, 0.6) is 0 Å². The second-order valence-corrected chi connectivity index (χ2v) is 2.63. The van der Waals surface area contributed by atoms with Gasteiger partial charge in [0.2, 0.25) is 0 Å². The molecule has 0 aliphatic heterocycles. The number of alkyl carbamates (subject to hydrolysis) is 1. The second kappa shape index (κ2) is 5.42. The molecule has 0 rings (SSSR count). The topological polar surface area (TPSA) is 75.6 Å². The molecule has 0 radical (unpaired) electrons. The summed E-state index contributed by atoms with van der Waals surface area (Å²) in [5, 5.41) is 10.2. The van der Waals surface area contributed by atoms with Crippen molar-refractivity contribution in [2.24, 2.45) is 0 Å². The van der Waals surface area contributed by atoms with Crippen molar-refractivity contribution in [1.82, 2.24) is 5.32 Å². The minimum Gasteiger partial charge on any atom is -0.480 e. The predicted octanol–water partition coefficient (Wildman–Crippen LogP) is 1.14. The Kier molecular flexibility index (Phi) is 4.89. The highest BCUT2D eigenvalue weighted by atomic mass is 19.4. The van der Waals surface area contributed by atoms with Gasteiger partial charge in [-0.25, -0.2) is 9.59 Å². The number of carbonyl (C=O) groups is 2. The normalized spacial score (nSPS) is 13.1. The zero-order valence-corrected chi connectivity index (χ0v) is 7.80. The van der Waals surface area contributed by atoms with Gasteiger partial charge in [0, 0.05) is 0 Å². The number of nitrogens with one attached hydrogen (secondary N) is 1. The van der Waals surface area contributed by atoms with E-state index < -0.39 is 30.9 Å². The summed E-state index contributed by atoms with van der Waals surface area (Å²) < 4.78 is 38.5. The molecule has 0 aromatic carbocycles. The molecule has 0 aliphatic carbocycles. The van der Waals surface area contributed by atoms with Gasteiger partial charge in [-0.15, -0.1) is 0 Å². The van der Waals surface area contributed by atoms with Crippen LogP contribution >= 0.6 is 0 Å². The van der Waals surface area contributed by atoms with E-state index in [0.29, 0.717) is 0 Å². The van der Waals surface area contributed by atoms with Gasteiger partial charge in [0.05, 0.1) is 0 Å². The smallest absolute Gasteiger partial charge is 0.422 e. The van der Waals surface area contributed by atoms with Crippen LogP contribution in [0.25, 0.3) is 0 Å². The van der Waals surface area contributed by atoms with Crippen LogP contribution in [0.15, 0.2) is 0 Å². The summed E-state index contributed by atoms with van der Waals surface area (Å²) >= 11 is 0. The van der Waals surface area contributed by atoms with E-state index in [1.54, 1.807) is 5.32 Å². The van der Waals surface area contributed by atoms with Gasteiger partial charge in [-0.3, -0.25) is 0 Å². The van der Waals surface area contributed by atoms with Gasteiger partial charge in [0.1, 0.15) is 6.04 Å². The average Bonchev–Trinajstić information content (AvgIpc) is 2.09. The average molecular weight is 229 g/mol. The van der Waals surface area contributed by atoms with Crippen LogP contribution in [-0.4, -0.2) is 36.0 Å². The first-order valence-electron chi connectivity index (χ1n) is 3.99. The molecule has 2 N–H and O–H groups in total. The highest BCUT2D eigenvalue weighted by molar-refractivity contribution is 5.79. The number of hydrogen-bond acceptors (Lipinski definition) is 3. The van der Waals surface area contributed by atoms with Crippen LogP contribution in [0.3, 0.4) is 0 Å². The molecule has 0 bridgehead atoms. The third-order valence-electron chi connectivity index (χ3n) is 1.37. The largest absolute Gasteiger partial charge is 0.480 e. The Labute approximate surface area is 83.2 Å². The third-order valence-corrected chi connectivity index (χ3v) is 1.37. The number of carbonyl (C=O) groups excluding carboxylic acids is 1. The van der Waals surface area contributed by atoms with Crippen LogP contribution in [0, 0.1) is 0 Å². The number of alkyl halides is 3. The van der Waals surface area contributed by atoms with Crippen molar-refractivity contribution in [2.75, 3.05) is 6.61 Å². The third kappa shape index (κ3) is 6.58. The zero-order valence-electron chi connectivity index (χ0n) is 7.80. The molecule has 1 atom stereocenters. The lowest BCUT2D eigenvalue weighted by Gasteiger charge is -2.13. The molecule has 0 saturated heterocycles.